The van der Waals surface area contributed by atoms with Gasteiger partial charge in [0.1, 0.15) is 11.3 Å². The molecule has 0 saturated heterocycles. The van der Waals surface area contributed by atoms with Crippen molar-refractivity contribution in [1.82, 2.24) is 0 Å². The maximum absolute atomic E-state index is 12.4. The Bertz CT molecular complexity index is 694. The van der Waals surface area contributed by atoms with Crippen molar-refractivity contribution >= 4 is 22.2 Å². The largest absolute Gasteiger partial charge is 0.534 e. The van der Waals surface area contributed by atoms with E-state index in [9.17, 15) is 26.4 Å². The first-order chi connectivity index (χ1) is 10.1. The maximum atomic E-state index is 12.4. The fraction of sp³-hybridized carbons (Fsp3) is 0.250. The van der Waals surface area contributed by atoms with Crippen LogP contribution in [0, 0.1) is 0 Å². The number of benzene rings is 1. The van der Waals surface area contributed by atoms with Crippen molar-refractivity contribution in [2.75, 3.05) is 14.2 Å². The van der Waals surface area contributed by atoms with E-state index in [1.54, 1.807) is 0 Å². The van der Waals surface area contributed by atoms with Crippen LogP contribution in [0.4, 0.5) is 13.2 Å². The van der Waals surface area contributed by atoms with E-state index in [0.29, 0.717) is 0 Å². The number of halogens is 3. The van der Waals surface area contributed by atoms with E-state index < -0.39 is 27.3 Å². The summed E-state index contributed by atoms with van der Waals surface area (Å²) in [6, 6.07) is 1.87. The molecule has 1 aromatic rings. The van der Waals surface area contributed by atoms with Gasteiger partial charge in [-0.3, -0.25) is 0 Å². The van der Waals surface area contributed by atoms with Crippen molar-refractivity contribution in [2.45, 2.75) is 5.51 Å². The van der Waals surface area contributed by atoms with Crippen molar-refractivity contribution in [3.8, 4) is 11.5 Å². The number of hydrogen-bond donors (Lipinski definition) is 0. The van der Waals surface area contributed by atoms with Gasteiger partial charge in [-0.2, -0.15) is 21.6 Å². The number of alkyl halides is 3. The minimum Gasteiger partial charge on any atom is -0.496 e. The Morgan fingerprint density at radius 2 is 1.82 bits per heavy atom. The molecule has 0 radical (unpaired) electrons. The number of carbonyl (C=O) groups excluding carboxylic acids is 1. The van der Waals surface area contributed by atoms with Gasteiger partial charge in [0, 0.05) is 11.6 Å². The van der Waals surface area contributed by atoms with E-state index in [0.717, 1.165) is 32.4 Å². The maximum Gasteiger partial charge on any atom is 0.534 e. The van der Waals surface area contributed by atoms with Gasteiger partial charge in [0.05, 0.1) is 14.2 Å². The SMILES string of the molecule is C=Cc1cc(C(=O)OC)c(OC)cc1OS(=O)(=O)C(F)(F)F. The number of rotatable bonds is 5. The average Bonchev–Trinajstić information content (AvgIpc) is 2.44. The first-order valence-corrected chi connectivity index (χ1v) is 6.91. The lowest BCUT2D eigenvalue weighted by molar-refractivity contribution is -0.0500. The molecule has 0 heterocycles. The molecule has 0 spiro atoms. The second-order valence-electron chi connectivity index (χ2n) is 3.77. The van der Waals surface area contributed by atoms with Crippen molar-refractivity contribution in [2.24, 2.45) is 0 Å². The summed E-state index contributed by atoms with van der Waals surface area (Å²) in [5, 5.41) is 0. The van der Waals surface area contributed by atoms with Gasteiger partial charge in [-0.25, -0.2) is 4.79 Å². The highest BCUT2D eigenvalue weighted by Crippen LogP contribution is 2.34. The molecule has 0 aliphatic heterocycles. The molecule has 0 unspecified atom stereocenters. The van der Waals surface area contributed by atoms with Gasteiger partial charge >= 0.3 is 21.6 Å². The zero-order valence-electron chi connectivity index (χ0n) is 11.4. The summed E-state index contributed by atoms with van der Waals surface area (Å²) in [7, 11) is -3.64. The topological polar surface area (TPSA) is 78.9 Å². The number of methoxy groups -OCH3 is 2. The van der Waals surface area contributed by atoms with Crippen LogP contribution in [0.25, 0.3) is 6.08 Å². The van der Waals surface area contributed by atoms with Crippen LogP contribution in [0.3, 0.4) is 0 Å². The van der Waals surface area contributed by atoms with Gasteiger partial charge < -0.3 is 13.7 Å². The minimum atomic E-state index is -5.87. The van der Waals surface area contributed by atoms with Gasteiger partial charge in [0.25, 0.3) is 0 Å². The van der Waals surface area contributed by atoms with E-state index in [2.05, 4.69) is 15.5 Å². The zero-order valence-corrected chi connectivity index (χ0v) is 12.2. The molecule has 122 valence electrons. The van der Waals surface area contributed by atoms with E-state index >= 15 is 0 Å². The highest BCUT2D eigenvalue weighted by molar-refractivity contribution is 7.88. The molecule has 0 atom stereocenters. The fourth-order valence-electron chi connectivity index (χ4n) is 1.41. The monoisotopic (exact) mass is 340 g/mol. The van der Waals surface area contributed by atoms with Crippen LogP contribution in [0.1, 0.15) is 15.9 Å². The van der Waals surface area contributed by atoms with Gasteiger partial charge in [-0.1, -0.05) is 12.7 Å². The number of esters is 1. The van der Waals surface area contributed by atoms with Crippen LogP contribution in [-0.4, -0.2) is 34.1 Å². The predicted molar refractivity (Wildman–Crippen MR) is 70.0 cm³/mol. The number of carbonyl (C=O) groups is 1. The molecule has 0 aromatic heterocycles. The molecule has 0 amide bonds. The summed E-state index contributed by atoms with van der Waals surface area (Å²) in [4.78, 5) is 11.5. The molecular formula is C12H11F3O6S. The predicted octanol–water partition coefficient (Wildman–Crippen LogP) is 2.35. The molecule has 0 fully saturated rings. The third-order valence-corrected chi connectivity index (χ3v) is 3.41. The number of hydrogen-bond acceptors (Lipinski definition) is 6. The molecule has 6 nitrogen and oxygen atoms in total. The van der Waals surface area contributed by atoms with Crippen molar-refractivity contribution in [1.29, 1.82) is 0 Å². The Morgan fingerprint density at radius 3 is 2.23 bits per heavy atom. The summed E-state index contributed by atoms with van der Waals surface area (Å²) in [5.41, 5.74) is -5.88. The molecule has 0 bridgehead atoms. The van der Waals surface area contributed by atoms with Crippen LogP contribution >= 0.6 is 0 Å². The normalized spacial score (nSPS) is 11.7. The third kappa shape index (κ3) is 3.50. The molecule has 0 aliphatic rings. The first-order valence-electron chi connectivity index (χ1n) is 5.51. The summed E-state index contributed by atoms with van der Waals surface area (Å²) in [6.07, 6.45) is 1.02. The summed E-state index contributed by atoms with van der Waals surface area (Å²) < 4.78 is 72.5. The average molecular weight is 340 g/mol. The smallest absolute Gasteiger partial charge is 0.496 e. The van der Waals surface area contributed by atoms with E-state index in [1.165, 1.54) is 0 Å². The third-order valence-electron chi connectivity index (χ3n) is 2.44. The Labute approximate surface area is 124 Å². The van der Waals surface area contributed by atoms with E-state index in [4.69, 9.17) is 4.74 Å². The molecule has 0 aliphatic carbocycles. The lowest BCUT2D eigenvalue weighted by Gasteiger charge is -2.14. The van der Waals surface area contributed by atoms with Crippen LogP contribution in [0.15, 0.2) is 18.7 Å². The Morgan fingerprint density at radius 1 is 1.23 bits per heavy atom. The van der Waals surface area contributed by atoms with Crippen LogP contribution < -0.4 is 8.92 Å². The minimum absolute atomic E-state index is 0.128. The molecule has 22 heavy (non-hydrogen) atoms. The van der Waals surface area contributed by atoms with Gasteiger partial charge in [-0.15, -0.1) is 0 Å². The number of ether oxygens (including phenoxy) is 2. The summed E-state index contributed by atoms with van der Waals surface area (Å²) >= 11 is 0. The quantitative estimate of drug-likeness (QED) is 0.465. The fourth-order valence-corrected chi connectivity index (χ4v) is 1.89. The van der Waals surface area contributed by atoms with Gasteiger partial charge in [0.2, 0.25) is 0 Å². The van der Waals surface area contributed by atoms with Crippen molar-refractivity contribution in [3.63, 3.8) is 0 Å². The van der Waals surface area contributed by atoms with E-state index in [1.807, 2.05) is 0 Å². The molecule has 10 heteroatoms. The highest BCUT2D eigenvalue weighted by Gasteiger charge is 2.48. The standard InChI is InChI=1S/C12H11F3O6S/c1-4-7-5-8(11(16)20-3)10(19-2)6-9(7)21-22(17,18)12(13,14)15/h4-6H,1H2,2-3H3. The summed E-state index contributed by atoms with van der Waals surface area (Å²) in [6.45, 7) is 3.32. The second kappa shape index (κ2) is 6.26. The van der Waals surface area contributed by atoms with Crippen molar-refractivity contribution < 1.29 is 40.0 Å². The second-order valence-corrected chi connectivity index (χ2v) is 5.31. The highest BCUT2D eigenvalue weighted by atomic mass is 32.2. The first kappa shape index (κ1) is 17.8. The summed E-state index contributed by atoms with van der Waals surface area (Å²) in [5.74, 6) is -1.73. The zero-order chi connectivity index (χ0) is 17.1. The Balaban J connectivity index is 3.44. The van der Waals surface area contributed by atoms with Crippen molar-refractivity contribution in [3.05, 3.63) is 29.8 Å². The lowest BCUT2D eigenvalue weighted by Crippen LogP contribution is -2.28. The van der Waals surface area contributed by atoms with Crippen LogP contribution in [0.5, 0.6) is 11.5 Å². The Kier molecular flexibility index (Phi) is 5.07. The lowest BCUT2D eigenvalue weighted by atomic mass is 10.1. The van der Waals surface area contributed by atoms with Crippen LogP contribution in [0.2, 0.25) is 0 Å². The van der Waals surface area contributed by atoms with Crippen LogP contribution in [-0.2, 0) is 14.9 Å². The van der Waals surface area contributed by atoms with E-state index in [-0.39, 0.29) is 16.9 Å². The molecule has 1 aromatic carbocycles. The molecule has 0 N–H and O–H groups in total. The molecule has 1 rings (SSSR count). The Hall–Kier alpha value is -2.23. The van der Waals surface area contributed by atoms with Gasteiger partial charge in [-0.05, 0) is 6.07 Å². The molecule has 0 saturated carbocycles. The van der Waals surface area contributed by atoms with Gasteiger partial charge in [0.15, 0.2) is 5.75 Å². The molecular weight excluding hydrogens is 329 g/mol.